The van der Waals surface area contributed by atoms with Crippen molar-refractivity contribution < 1.29 is 13.2 Å². The molecular weight excluding hydrogens is 312 g/mol. The molecule has 3 unspecified atom stereocenters. The number of benzene rings is 1. The summed E-state index contributed by atoms with van der Waals surface area (Å²) in [6.45, 7) is 0.600. The Morgan fingerprint density at radius 2 is 2.14 bits per heavy atom. The van der Waals surface area contributed by atoms with Crippen molar-refractivity contribution in [3.8, 4) is 0 Å². The summed E-state index contributed by atoms with van der Waals surface area (Å²) in [5, 5.41) is 0.543. The second-order valence-electron chi connectivity index (χ2n) is 5.85. The van der Waals surface area contributed by atoms with Crippen molar-refractivity contribution in [3.63, 3.8) is 0 Å². The van der Waals surface area contributed by atoms with Gasteiger partial charge in [0, 0.05) is 29.2 Å². The standard InChI is InChI=1S/C14H17ClN2O3S/c1-21(19,20)16-13-7-12-6-10(13)8-17(12)14(18)9-3-2-4-11(15)5-9/h2-5,10,12-13,16H,6-8H2,1H3. The van der Waals surface area contributed by atoms with Gasteiger partial charge in [0.2, 0.25) is 10.0 Å². The van der Waals surface area contributed by atoms with Crippen molar-refractivity contribution in [2.75, 3.05) is 12.8 Å². The minimum atomic E-state index is -3.20. The van der Waals surface area contributed by atoms with Gasteiger partial charge >= 0.3 is 0 Å². The molecule has 1 aromatic carbocycles. The Morgan fingerprint density at radius 3 is 2.71 bits per heavy atom. The number of hydrogen-bond acceptors (Lipinski definition) is 3. The largest absolute Gasteiger partial charge is 0.335 e. The van der Waals surface area contributed by atoms with E-state index in [1.54, 1.807) is 24.3 Å². The molecule has 7 heteroatoms. The minimum Gasteiger partial charge on any atom is -0.335 e. The van der Waals surface area contributed by atoms with Crippen molar-refractivity contribution in [1.29, 1.82) is 0 Å². The zero-order valence-corrected chi connectivity index (χ0v) is 13.2. The van der Waals surface area contributed by atoms with Gasteiger partial charge in [0.25, 0.3) is 5.91 Å². The summed E-state index contributed by atoms with van der Waals surface area (Å²) in [5.41, 5.74) is 0.586. The summed E-state index contributed by atoms with van der Waals surface area (Å²) in [6, 6.07) is 6.99. The molecule has 1 heterocycles. The highest BCUT2D eigenvalue weighted by Gasteiger charge is 2.47. The first-order valence-corrected chi connectivity index (χ1v) is 9.14. The first-order chi connectivity index (χ1) is 9.83. The zero-order chi connectivity index (χ0) is 15.2. The number of hydrogen-bond donors (Lipinski definition) is 1. The van der Waals surface area contributed by atoms with Crippen molar-refractivity contribution in [2.45, 2.75) is 24.9 Å². The van der Waals surface area contributed by atoms with E-state index in [0.29, 0.717) is 23.6 Å². The third-order valence-electron chi connectivity index (χ3n) is 4.24. The van der Waals surface area contributed by atoms with Gasteiger partial charge in [-0.15, -0.1) is 0 Å². The second kappa shape index (κ2) is 5.26. The minimum absolute atomic E-state index is 0.0252. The molecule has 5 nitrogen and oxygen atoms in total. The van der Waals surface area contributed by atoms with E-state index in [4.69, 9.17) is 11.6 Å². The summed E-state index contributed by atoms with van der Waals surface area (Å²) >= 11 is 5.92. The van der Waals surface area contributed by atoms with E-state index in [1.807, 2.05) is 4.90 Å². The van der Waals surface area contributed by atoms with E-state index in [9.17, 15) is 13.2 Å². The van der Waals surface area contributed by atoms with E-state index in [2.05, 4.69) is 4.72 Å². The van der Waals surface area contributed by atoms with E-state index < -0.39 is 10.0 Å². The van der Waals surface area contributed by atoms with Gasteiger partial charge < -0.3 is 4.90 Å². The Kier molecular flexibility index (Phi) is 3.71. The maximum Gasteiger partial charge on any atom is 0.254 e. The van der Waals surface area contributed by atoms with E-state index in [1.165, 1.54) is 6.26 Å². The molecule has 0 radical (unpaired) electrons. The number of carbonyl (C=O) groups excluding carboxylic acids is 1. The van der Waals surface area contributed by atoms with Crippen LogP contribution in [0.4, 0.5) is 0 Å². The quantitative estimate of drug-likeness (QED) is 0.914. The van der Waals surface area contributed by atoms with Crippen LogP contribution in [0.2, 0.25) is 5.02 Å². The van der Waals surface area contributed by atoms with Gasteiger partial charge in [-0.05, 0) is 37.0 Å². The fraction of sp³-hybridized carbons (Fsp3) is 0.500. The lowest BCUT2D eigenvalue weighted by molar-refractivity contribution is 0.0691. The number of likely N-dealkylation sites (tertiary alicyclic amines) is 1. The van der Waals surface area contributed by atoms with E-state index >= 15 is 0 Å². The highest BCUT2D eigenvalue weighted by atomic mass is 35.5. The van der Waals surface area contributed by atoms with Crippen molar-refractivity contribution >= 4 is 27.5 Å². The van der Waals surface area contributed by atoms with Crippen LogP contribution < -0.4 is 4.72 Å². The molecule has 2 aliphatic rings. The Labute approximate surface area is 129 Å². The molecule has 0 aromatic heterocycles. The summed E-state index contributed by atoms with van der Waals surface area (Å²) in [4.78, 5) is 14.4. The summed E-state index contributed by atoms with van der Waals surface area (Å²) in [5.74, 6) is 0.177. The first kappa shape index (κ1) is 14.8. The fourth-order valence-corrected chi connectivity index (χ4v) is 4.44. The molecule has 1 amide bonds. The maximum atomic E-state index is 12.5. The molecule has 114 valence electrons. The zero-order valence-electron chi connectivity index (χ0n) is 11.6. The predicted octanol–water partition coefficient (Wildman–Crippen LogP) is 1.49. The normalized spacial score (nSPS) is 28.1. The monoisotopic (exact) mass is 328 g/mol. The van der Waals surface area contributed by atoms with Gasteiger partial charge in [-0.25, -0.2) is 13.1 Å². The molecule has 21 heavy (non-hydrogen) atoms. The molecule has 3 atom stereocenters. The number of sulfonamides is 1. The molecule has 2 bridgehead atoms. The maximum absolute atomic E-state index is 12.5. The van der Waals surface area contributed by atoms with Crippen LogP contribution in [0.15, 0.2) is 24.3 Å². The van der Waals surface area contributed by atoms with Crippen LogP contribution in [0.5, 0.6) is 0 Å². The molecule has 1 aromatic rings. The lowest BCUT2D eigenvalue weighted by Gasteiger charge is -2.31. The van der Waals surface area contributed by atoms with Crippen LogP contribution in [0.3, 0.4) is 0 Å². The van der Waals surface area contributed by atoms with Crippen LogP contribution in [0.1, 0.15) is 23.2 Å². The number of piperidine rings is 1. The summed E-state index contributed by atoms with van der Waals surface area (Å²) in [7, 11) is -3.20. The molecule has 1 aliphatic heterocycles. The summed E-state index contributed by atoms with van der Waals surface area (Å²) < 4.78 is 25.3. The van der Waals surface area contributed by atoms with Crippen LogP contribution in [-0.4, -0.2) is 44.1 Å². The Bertz CT molecular complexity index is 677. The summed E-state index contributed by atoms with van der Waals surface area (Å²) in [6.07, 6.45) is 2.72. The Balaban J connectivity index is 1.71. The number of fused-ring (bicyclic) bond motifs is 2. The number of halogens is 1. The van der Waals surface area contributed by atoms with Crippen molar-refractivity contribution in [1.82, 2.24) is 9.62 Å². The van der Waals surface area contributed by atoms with Crippen LogP contribution in [0.25, 0.3) is 0 Å². The SMILES string of the molecule is CS(=O)(=O)NC1CC2CC1CN2C(=O)c1cccc(Cl)c1. The highest BCUT2D eigenvalue weighted by molar-refractivity contribution is 7.88. The van der Waals surface area contributed by atoms with Crippen LogP contribution >= 0.6 is 11.6 Å². The lowest BCUT2D eigenvalue weighted by atomic mass is 10.0. The number of amides is 1. The average molecular weight is 329 g/mol. The average Bonchev–Trinajstić information content (AvgIpc) is 2.95. The fourth-order valence-electron chi connectivity index (χ4n) is 3.41. The Hall–Kier alpha value is -1.11. The number of nitrogens with one attached hydrogen (secondary N) is 1. The molecule has 2 fully saturated rings. The van der Waals surface area contributed by atoms with Gasteiger partial charge in [-0.2, -0.15) is 0 Å². The van der Waals surface area contributed by atoms with E-state index in [0.717, 1.165) is 6.42 Å². The molecule has 0 spiro atoms. The molecule has 1 saturated carbocycles. The van der Waals surface area contributed by atoms with Gasteiger partial charge in [0.1, 0.15) is 0 Å². The van der Waals surface area contributed by atoms with Gasteiger partial charge in [0.05, 0.1) is 6.26 Å². The Morgan fingerprint density at radius 1 is 1.38 bits per heavy atom. The van der Waals surface area contributed by atoms with Gasteiger partial charge in [0.15, 0.2) is 0 Å². The molecule has 1 aliphatic carbocycles. The van der Waals surface area contributed by atoms with Gasteiger partial charge in [-0.3, -0.25) is 4.79 Å². The highest BCUT2D eigenvalue weighted by Crippen LogP contribution is 2.38. The number of rotatable bonds is 3. The first-order valence-electron chi connectivity index (χ1n) is 6.87. The van der Waals surface area contributed by atoms with E-state index in [-0.39, 0.29) is 23.9 Å². The molecular formula is C14H17ClN2O3S. The third-order valence-corrected chi connectivity index (χ3v) is 5.21. The van der Waals surface area contributed by atoms with Gasteiger partial charge in [-0.1, -0.05) is 17.7 Å². The molecule has 1 saturated heterocycles. The molecule has 1 N–H and O–H groups in total. The van der Waals surface area contributed by atoms with Crippen molar-refractivity contribution in [3.05, 3.63) is 34.9 Å². The predicted molar refractivity (Wildman–Crippen MR) is 80.8 cm³/mol. The topological polar surface area (TPSA) is 66.5 Å². The smallest absolute Gasteiger partial charge is 0.254 e. The third kappa shape index (κ3) is 3.07. The number of carbonyl (C=O) groups is 1. The van der Waals surface area contributed by atoms with Crippen LogP contribution in [-0.2, 0) is 10.0 Å². The van der Waals surface area contributed by atoms with Crippen molar-refractivity contribution in [2.24, 2.45) is 5.92 Å². The lowest BCUT2D eigenvalue weighted by Crippen LogP contribution is -2.47. The van der Waals surface area contributed by atoms with Crippen LogP contribution in [0, 0.1) is 5.92 Å². The molecule has 3 rings (SSSR count). The second-order valence-corrected chi connectivity index (χ2v) is 8.07. The number of nitrogens with zero attached hydrogens (tertiary/aromatic N) is 1.